The molecule has 2 rings (SSSR count). The molecule has 1 aliphatic carbocycles. The number of nitrogens with zero attached hydrogens (tertiary/aromatic N) is 6. The lowest BCUT2D eigenvalue weighted by Crippen LogP contribution is -2.53. The van der Waals surface area contributed by atoms with E-state index < -0.39 is 34.8 Å². The van der Waals surface area contributed by atoms with Gasteiger partial charge in [-0.05, 0) is 37.0 Å². The minimum Gasteiger partial charge on any atom is -0.344 e. The molecule has 14 nitrogen and oxygen atoms in total. The first-order chi connectivity index (χ1) is 18.5. The van der Waals surface area contributed by atoms with Crippen molar-refractivity contribution in [2.75, 3.05) is 18.9 Å². The highest BCUT2D eigenvalue weighted by atomic mass is 32.1. The number of hydrogen-bond donors (Lipinski definition) is 3. The van der Waals surface area contributed by atoms with Gasteiger partial charge in [0.2, 0.25) is 23.4 Å². The van der Waals surface area contributed by atoms with E-state index in [1.54, 1.807) is 11.6 Å². The summed E-state index contributed by atoms with van der Waals surface area (Å²) in [6.45, 7) is 6.13. The summed E-state index contributed by atoms with van der Waals surface area (Å²) in [6, 6.07) is -1.72. The SMILES string of the molecule is CC1CCC(C[C@@H](C(=O)N[C@@H](CCCN(C)N=N[N+](=O)[O-])C(=O)Nc2nccs2)[C@H](C(C)C)N(O)C=O)CC1. The molecule has 0 radical (unpaired) electrons. The Bertz CT molecular complexity index is 954. The Morgan fingerprint density at radius 3 is 2.56 bits per heavy atom. The predicted molar refractivity (Wildman–Crippen MR) is 144 cm³/mol. The van der Waals surface area contributed by atoms with Crippen LogP contribution in [0.5, 0.6) is 0 Å². The number of rotatable bonds is 16. The van der Waals surface area contributed by atoms with Crippen molar-refractivity contribution in [3.63, 3.8) is 0 Å². The second-order valence-corrected chi connectivity index (χ2v) is 11.4. The van der Waals surface area contributed by atoms with Gasteiger partial charge in [0.15, 0.2) is 10.4 Å². The van der Waals surface area contributed by atoms with Crippen molar-refractivity contribution in [2.45, 2.75) is 77.8 Å². The molecule has 0 aliphatic heterocycles. The van der Waals surface area contributed by atoms with Crippen molar-refractivity contribution >= 4 is 34.7 Å². The van der Waals surface area contributed by atoms with Crippen LogP contribution in [0.15, 0.2) is 22.0 Å². The average Bonchev–Trinajstić information content (AvgIpc) is 3.40. The molecule has 218 valence electrons. The summed E-state index contributed by atoms with van der Waals surface area (Å²) in [5, 5.41) is 35.7. The maximum atomic E-state index is 13.8. The number of anilines is 1. The van der Waals surface area contributed by atoms with E-state index in [2.05, 4.69) is 33.0 Å². The van der Waals surface area contributed by atoms with Gasteiger partial charge in [0.05, 0.1) is 23.5 Å². The van der Waals surface area contributed by atoms with Crippen molar-refractivity contribution in [3.8, 4) is 0 Å². The number of thiazole rings is 1. The molecule has 0 unspecified atom stereocenters. The van der Waals surface area contributed by atoms with Gasteiger partial charge >= 0.3 is 0 Å². The van der Waals surface area contributed by atoms with Crippen LogP contribution in [0.25, 0.3) is 0 Å². The molecule has 1 heterocycles. The molecule has 0 spiro atoms. The van der Waals surface area contributed by atoms with E-state index in [0.717, 1.165) is 25.7 Å². The molecule has 1 aromatic heterocycles. The number of carbonyl (C=O) groups is 3. The summed E-state index contributed by atoms with van der Waals surface area (Å²) in [5.41, 5.74) is 0. The molecule has 0 saturated heterocycles. The van der Waals surface area contributed by atoms with Crippen LogP contribution in [0.1, 0.15) is 65.7 Å². The zero-order valence-corrected chi connectivity index (χ0v) is 23.7. The van der Waals surface area contributed by atoms with E-state index in [4.69, 9.17) is 0 Å². The minimum atomic E-state index is -0.952. The van der Waals surface area contributed by atoms with E-state index >= 15 is 0 Å². The fraction of sp³-hybridized carbons (Fsp3) is 0.750. The number of hydroxylamine groups is 2. The minimum absolute atomic E-state index is 0.206. The van der Waals surface area contributed by atoms with Crippen LogP contribution in [-0.4, -0.2) is 69.2 Å². The molecule has 1 aromatic rings. The van der Waals surface area contributed by atoms with Gasteiger partial charge in [0, 0.05) is 18.6 Å². The predicted octanol–water partition coefficient (Wildman–Crippen LogP) is 3.54. The third-order valence-electron chi connectivity index (χ3n) is 7.10. The Kier molecular flexibility index (Phi) is 13.2. The standard InChI is InChI=1S/C24H40N8O6S/c1-16(2)21(31(36)15-33)19(14-18-9-7-17(3)8-10-18)22(34)26-20(23(35)27-24-25-11-13-39-24)6-5-12-30(4)28-29-32(37)38/h11,13,15-21,36H,5-10,12,14H2,1-4H3,(H,26,34)(H,25,27,35)/t17?,18?,19-,20+,21+/m1/s1. The maximum absolute atomic E-state index is 13.8. The number of aromatic nitrogens is 1. The lowest BCUT2D eigenvalue weighted by atomic mass is 9.75. The molecule has 3 N–H and O–H groups in total. The Balaban J connectivity index is 2.22. The van der Waals surface area contributed by atoms with Crippen molar-refractivity contribution < 1.29 is 24.6 Å². The van der Waals surface area contributed by atoms with Crippen LogP contribution in [-0.2, 0) is 14.4 Å². The molecule has 3 atom stereocenters. The first-order valence-corrected chi connectivity index (χ1v) is 14.1. The van der Waals surface area contributed by atoms with Gasteiger partial charge < -0.3 is 20.7 Å². The van der Waals surface area contributed by atoms with Crippen molar-refractivity contribution in [1.29, 1.82) is 0 Å². The molecule has 15 heteroatoms. The lowest BCUT2D eigenvalue weighted by molar-refractivity contribution is -0.496. The third-order valence-corrected chi connectivity index (χ3v) is 7.79. The van der Waals surface area contributed by atoms with Crippen LogP contribution < -0.4 is 10.6 Å². The largest absolute Gasteiger partial charge is 0.344 e. The number of amides is 3. The van der Waals surface area contributed by atoms with Gasteiger partial charge in [0.1, 0.15) is 6.04 Å². The number of nitrogens with one attached hydrogen (secondary N) is 2. The molecule has 3 amide bonds. The summed E-state index contributed by atoms with van der Waals surface area (Å²) in [7, 11) is 1.51. The first-order valence-electron chi connectivity index (χ1n) is 13.2. The molecule has 1 saturated carbocycles. The summed E-state index contributed by atoms with van der Waals surface area (Å²) >= 11 is 1.24. The number of carbonyl (C=O) groups excluding carboxylic acids is 3. The zero-order chi connectivity index (χ0) is 28.9. The van der Waals surface area contributed by atoms with Crippen LogP contribution in [0.4, 0.5) is 5.13 Å². The monoisotopic (exact) mass is 568 g/mol. The number of nitro groups is 1. The van der Waals surface area contributed by atoms with Crippen molar-refractivity contribution in [2.24, 2.45) is 34.1 Å². The van der Waals surface area contributed by atoms with E-state index in [0.29, 0.717) is 35.4 Å². The lowest BCUT2D eigenvalue weighted by Gasteiger charge is -2.37. The Labute approximate surface area is 232 Å². The summed E-state index contributed by atoms with van der Waals surface area (Å²) in [5.74, 6) is -0.946. The van der Waals surface area contributed by atoms with E-state index in [9.17, 15) is 29.7 Å². The van der Waals surface area contributed by atoms with Crippen LogP contribution in [0.2, 0.25) is 0 Å². The normalized spacial score (nSPS) is 19.7. The van der Waals surface area contributed by atoms with Gasteiger partial charge in [-0.15, -0.1) is 11.3 Å². The van der Waals surface area contributed by atoms with Gasteiger partial charge in [-0.25, -0.2) is 10.0 Å². The van der Waals surface area contributed by atoms with E-state index in [1.165, 1.54) is 23.4 Å². The van der Waals surface area contributed by atoms with Gasteiger partial charge in [-0.2, -0.15) is 5.01 Å². The van der Waals surface area contributed by atoms with Crippen molar-refractivity contribution in [1.82, 2.24) is 20.4 Å². The second kappa shape index (κ2) is 16.0. The molecule has 39 heavy (non-hydrogen) atoms. The fourth-order valence-electron chi connectivity index (χ4n) is 5.05. The van der Waals surface area contributed by atoms with Crippen LogP contribution >= 0.6 is 11.3 Å². The summed E-state index contributed by atoms with van der Waals surface area (Å²) in [4.78, 5) is 52.9. The molecule has 1 fully saturated rings. The third kappa shape index (κ3) is 10.8. The Hall–Kier alpha value is -3.20. The average molecular weight is 569 g/mol. The van der Waals surface area contributed by atoms with Gasteiger partial charge in [0.25, 0.3) is 0 Å². The Morgan fingerprint density at radius 2 is 2.00 bits per heavy atom. The quantitative estimate of drug-likeness (QED) is 0.0889. The molecule has 0 bridgehead atoms. The summed E-state index contributed by atoms with van der Waals surface area (Å²) < 4.78 is 0. The van der Waals surface area contributed by atoms with Gasteiger partial charge in [-0.1, -0.05) is 46.5 Å². The second-order valence-electron chi connectivity index (χ2n) is 10.5. The van der Waals surface area contributed by atoms with Crippen LogP contribution in [0, 0.1) is 33.8 Å². The van der Waals surface area contributed by atoms with E-state index in [-0.39, 0.29) is 24.8 Å². The highest BCUT2D eigenvalue weighted by Crippen LogP contribution is 2.35. The Morgan fingerprint density at radius 1 is 1.31 bits per heavy atom. The van der Waals surface area contributed by atoms with Crippen molar-refractivity contribution in [3.05, 3.63) is 21.7 Å². The van der Waals surface area contributed by atoms with Gasteiger partial charge in [-0.3, -0.25) is 19.6 Å². The zero-order valence-electron chi connectivity index (χ0n) is 22.9. The molecular weight excluding hydrogens is 528 g/mol. The fourth-order valence-corrected chi connectivity index (χ4v) is 5.58. The van der Waals surface area contributed by atoms with E-state index in [1.807, 2.05) is 13.8 Å². The number of hydrogen-bond acceptors (Lipinski definition) is 9. The first kappa shape index (κ1) is 32.0. The molecule has 1 aliphatic rings. The topological polar surface area (TPSA) is 183 Å². The highest BCUT2D eigenvalue weighted by Gasteiger charge is 2.38. The molecular formula is C24H40N8O6S. The maximum Gasteiger partial charge on any atom is 0.248 e. The molecule has 0 aromatic carbocycles. The highest BCUT2D eigenvalue weighted by molar-refractivity contribution is 7.13. The smallest absolute Gasteiger partial charge is 0.248 e. The summed E-state index contributed by atoms with van der Waals surface area (Å²) in [6.07, 6.45) is 6.95. The van der Waals surface area contributed by atoms with Crippen LogP contribution in [0.3, 0.4) is 0 Å².